The Balaban J connectivity index is 1.87. The summed E-state index contributed by atoms with van der Waals surface area (Å²) in [5.74, 6) is 0.678. The lowest BCUT2D eigenvalue weighted by Crippen LogP contribution is -2.42. The lowest BCUT2D eigenvalue weighted by molar-refractivity contribution is 0.233. The minimum absolute atomic E-state index is 0.0636. The van der Waals surface area contributed by atoms with E-state index >= 15 is 0 Å². The molecule has 6 nitrogen and oxygen atoms in total. The van der Waals surface area contributed by atoms with E-state index in [0.29, 0.717) is 16.8 Å². The first kappa shape index (κ1) is 18.9. The maximum Gasteiger partial charge on any atom is 0.315 e. The highest BCUT2D eigenvalue weighted by Gasteiger charge is 2.23. The molecule has 1 heterocycles. The zero-order chi connectivity index (χ0) is 19.2. The predicted octanol–water partition coefficient (Wildman–Crippen LogP) is 4.58. The Kier molecular flexibility index (Phi) is 6.08. The highest BCUT2D eigenvalue weighted by molar-refractivity contribution is 6.30. The maximum atomic E-state index is 12.4. The number of amides is 2. The van der Waals surface area contributed by atoms with Gasteiger partial charge in [-0.15, -0.1) is 10.2 Å². The number of urea groups is 1. The number of nitrogens with zero attached hydrogens (tertiary/aromatic N) is 2. The molecule has 2 atom stereocenters. The second kappa shape index (κ2) is 8.68. The molecule has 0 spiro atoms. The Morgan fingerprint density at radius 2 is 1.78 bits per heavy atom. The van der Waals surface area contributed by atoms with Crippen LogP contribution in [0.5, 0.6) is 0 Å². The molecule has 7 heteroatoms. The van der Waals surface area contributed by atoms with Crippen LogP contribution >= 0.6 is 11.6 Å². The molecule has 3 aromatic rings. The standard InChI is InChI=1S/C20H21ClN4O2/c1-3-13(2)22-20(26)23-17(14-7-5-4-6-8-14)19-25-24-18(27-19)15-9-11-16(21)12-10-15/h4-13,17H,3H2,1-2H3,(H2,22,23,26)/t13-,17+/m1/s1. The van der Waals surface area contributed by atoms with Crippen LogP contribution < -0.4 is 10.6 Å². The Labute approximate surface area is 163 Å². The molecule has 0 bridgehead atoms. The summed E-state index contributed by atoms with van der Waals surface area (Å²) in [7, 11) is 0. The molecule has 27 heavy (non-hydrogen) atoms. The number of hydrogen-bond acceptors (Lipinski definition) is 4. The lowest BCUT2D eigenvalue weighted by atomic mass is 10.1. The van der Waals surface area contributed by atoms with Crippen molar-refractivity contribution in [1.29, 1.82) is 0 Å². The lowest BCUT2D eigenvalue weighted by Gasteiger charge is -2.18. The smallest absolute Gasteiger partial charge is 0.315 e. The molecule has 0 saturated carbocycles. The molecular weight excluding hydrogens is 364 g/mol. The van der Waals surface area contributed by atoms with E-state index in [4.69, 9.17) is 16.0 Å². The highest BCUT2D eigenvalue weighted by Crippen LogP contribution is 2.25. The average Bonchev–Trinajstić information content (AvgIpc) is 3.17. The van der Waals surface area contributed by atoms with Crippen LogP contribution in [0.2, 0.25) is 5.02 Å². The molecule has 2 amide bonds. The van der Waals surface area contributed by atoms with Crippen molar-refractivity contribution < 1.29 is 9.21 Å². The Hall–Kier alpha value is -2.86. The van der Waals surface area contributed by atoms with E-state index in [0.717, 1.165) is 17.5 Å². The monoisotopic (exact) mass is 384 g/mol. The first-order valence-electron chi connectivity index (χ1n) is 8.78. The number of rotatable bonds is 6. The van der Waals surface area contributed by atoms with Gasteiger partial charge in [-0.25, -0.2) is 4.79 Å². The van der Waals surface area contributed by atoms with Gasteiger partial charge in [0.1, 0.15) is 6.04 Å². The van der Waals surface area contributed by atoms with Gasteiger partial charge in [-0.2, -0.15) is 0 Å². The summed E-state index contributed by atoms with van der Waals surface area (Å²) in [6.07, 6.45) is 0.838. The molecule has 0 aliphatic rings. The molecule has 1 aromatic heterocycles. The maximum absolute atomic E-state index is 12.4. The summed E-state index contributed by atoms with van der Waals surface area (Å²) in [4.78, 5) is 12.4. The number of benzene rings is 2. The summed E-state index contributed by atoms with van der Waals surface area (Å²) in [5.41, 5.74) is 1.61. The van der Waals surface area contributed by atoms with Crippen LogP contribution in [0.3, 0.4) is 0 Å². The highest BCUT2D eigenvalue weighted by atomic mass is 35.5. The van der Waals surface area contributed by atoms with E-state index in [-0.39, 0.29) is 12.1 Å². The van der Waals surface area contributed by atoms with Gasteiger partial charge in [0.25, 0.3) is 0 Å². The summed E-state index contributed by atoms with van der Waals surface area (Å²) in [6.45, 7) is 3.96. The summed E-state index contributed by atoms with van der Waals surface area (Å²) in [5, 5.41) is 14.7. The zero-order valence-electron chi connectivity index (χ0n) is 15.1. The molecule has 2 N–H and O–H groups in total. The number of carbonyl (C=O) groups excluding carboxylic acids is 1. The third-order valence-corrected chi connectivity index (χ3v) is 4.43. The quantitative estimate of drug-likeness (QED) is 0.652. The van der Waals surface area contributed by atoms with Crippen molar-refractivity contribution in [3.8, 4) is 11.5 Å². The fraction of sp³-hybridized carbons (Fsp3) is 0.250. The van der Waals surface area contributed by atoms with Gasteiger partial charge in [-0.05, 0) is 43.2 Å². The zero-order valence-corrected chi connectivity index (χ0v) is 15.9. The van der Waals surface area contributed by atoms with Crippen LogP contribution in [0.25, 0.3) is 11.5 Å². The van der Waals surface area contributed by atoms with Gasteiger partial charge in [-0.3, -0.25) is 0 Å². The van der Waals surface area contributed by atoms with Gasteiger partial charge in [0.15, 0.2) is 0 Å². The van der Waals surface area contributed by atoms with Crippen molar-refractivity contribution in [3.63, 3.8) is 0 Å². The van der Waals surface area contributed by atoms with Crippen LogP contribution in [-0.2, 0) is 0 Å². The topological polar surface area (TPSA) is 80.0 Å². The van der Waals surface area contributed by atoms with Crippen molar-refractivity contribution in [2.24, 2.45) is 0 Å². The van der Waals surface area contributed by atoms with Gasteiger partial charge >= 0.3 is 6.03 Å². The van der Waals surface area contributed by atoms with Crippen molar-refractivity contribution in [1.82, 2.24) is 20.8 Å². The van der Waals surface area contributed by atoms with Crippen LogP contribution in [0.1, 0.15) is 37.8 Å². The molecule has 0 fully saturated rings. The van der Waals surface area contributed by atoms with Gasteiger partial charge in [0.05, 0.1) is 0 Å². The van der Waals surface area contributed by atoms with Crippen molar-refractivity contribution in [2.45, 2.75) is 32.4 Å². The normalized spacial score (nSPS) is 13.0. The van der Waals surface area contributed by atoms with Crippen molar-refractivity contribution >= 4 is 17.6 Å². The molecule has 3 rings (SSSR count). The van der Waals surface area contributed by atoms with E-state index in [1.165, 1.54) is 0 Å². The van der Waals surface area contributed by atoms with E-state index in [1.807, 2.05) is 44.2 Å². The minimum atomic E-state index is -0.552. The van der Waals surface area contributed by atoms with Crippen LogP contribution in [0.15, 0.2) is 59.0 Å². The van der Waals surface area contributed by atoms with Crippen LogP contribution in [0, 0.1) is 0 Å². The number of aromatic nitrogens is 2. The fourth-order valence-electron chi connectivity index (χ4n) is 2.49. The van der Waals surface area contributed by atoms with Crippen molar-refractivity contribution in [2.75, 3.05) is 0 Å². The van der Waals surface area contributed by atoms with E-state index < -0.39 is 6.04 Å². The Morgan fingerprint density at radius 1 is 1.07 bits per heavy atom. The number of nitrogens with one attached hydrogen (secondary N) is 2. The van der Waals surface area contributed by atoms with E-state index in [2.05, 4.69) is 20.8 Å². The third kappa shape index (κ3) is 4.86. The summed E-state index contributed by atoms with van der Waals surface area (Å²) >= 11 is 5.92. The molecule has 0 unspecified atom stereocenters. The Bertz CT molecular complexity index is 881. The third-order valence-electron chi connectivity index (χ3n) is 4.18. The predicted molar refractivity (Wildman–Crippen MR) is 104 cm³/mol. The molecule has 0 aliphatic carbocycles. The van der Waals surface area contributed by atoms with Gasteiger partial charge in [0, 0.05) is 16.6 Å². The van der Waals surface area contributed by atoms with Gasteiger partial charge < -0.3 is 15.1 Å². The molecule has 140 valence electrons. The number of hydrogen-bond donors (Lipinski definition) is 2. The number of halogens is 1. The Morgan fingerprint density at radius 3 is 2.44 bits per heavy atom. The summed E-state index contributed by atoms with van der Waals surface area (Å²) < 4.78 is 5.85. The molecule has 0 radical (unpaired) electrons. The molecular formula is C20H21ClN4O2. The van der Waals surface area contributed by atoms with Crippen LogP contribution in [-0.4, -0.2) is 22.3 Å². The first-order valence-corrected chi connectivity index (χ1v) is 9.16. The molecule has 0 saturated heterocycles. The average molecular weight is 385 g/mol. The largest absolute Gasteiger partial charge is 0.418 e. The molecule has 2 aromatic carbocycles. The second-order valence-electron chi connectivity index (χ2n) is 6.22. The van der Waals surface area contributed by atoms with Gasteiger partial charge in [-0.1, -0.05) is 48.9 Å². The van der Waals surface area contributed by atoms with Gasteiger partial charge in [0.2, 0.25) is 11.8 Å². The minimum Gasteiger partial charge on any atom is -0.418 e. The summed E-state index contributed by atoms with van der Waals surface area (Å²) in [6, 6.07) is 15.9. The van der Waals surface area contributed by atoms with Crippen molar-refractivity contribution in [3.05, 3.63) is 71.1 Å². The first-order chi connectivity index (χ1) is 13.1. The SMILES string of the molecule is CC[C@@H](C)NC(=O)N[C@@H](c1ccccc1)c1nnc(-c2ccc(Cl)cc2)o1. The van der Waals surface area contributed by atoms with E-state index in [1.54, 1.807) is 24.3 Å². The molecule has 0 aliphatic heterocycles. The van der Waals surface area contributed by atoms with E-state index in [9.17, 15) is 4.79 Å². The number of carbonyl (C=O) groups is 1. The fourth-order valence-corrected chi connectivity index (χ4v) is 2.62. The van der Waals surface area contributed by atoms with Crippen LogP contribution in [0.4, 0.5) is 4.79 Å². The second-order valence-corrected chi connectivity index (χ2v) is 6.66.